The molecule has 144 valence electrons. The van der Waals surface area contributed by atoms with E-state index in [1.807, 2.05) is 0 Å². The van der Waals surface area contributed by atoms with Crippen molar-refractivity contribution in [3.05, 3.63) is 34.4 Å². The number of nitrogens with zero attached hydrogens (tertiary/aromatic N) is 1. The van der Waals surface area contributed by atoms with Crippen LogP contribution in [0.25, 0.3) is 0 Å². The van der Waals surface area contributed by atoms with Gasteiger partial charge < -0.3 is 14.2 Å². The predicted octanol–water partition coefficient (Wildman–Crippen LogP) is 3.42. The Hall–Kier alpha value is -2.64. The van der Waals surface area contributed by atoms with Gasteiger partial charge in [0, 0.05) is 25.0 Å². The van der Waals surface area contributed by atoms with Crippen molar-refractivity contribution in [2.24, 2.45) is 0 Å². The zero-order chi connectivity index (χ0) is 19.2. The van der Waals surface area contributed by atoms with Crippen LogP contribution in [0.3, 0.4) is 0 Å². The van der Waals surface area contributed by atoms with E-state index in [2.05, 4.69) is 6.92 Å². The largest absolute Gasteiger partial charge is 0.490 e. The normalized spacial score (nSPS) is 10.2. The summed E-state index contributed by atoms with van der Waals surface area (Å²) in [6.07, 6.45) is 3.68. The lowest BCUT2D eigenvalue weighted by Crippen LogP contribution is -2.13. The quantitative estimate of drug-likeness (QED) is 0.228. The van der Waals surface area contributed by atoms with E-state index in [-0.39, 0.29) is 37.7 Å². The summed E-state index contributed by atoms with van der Waals surface area (Å²) in [7, 11) is 0. The molecule has 0 saturated heterocycles. The van der Waals surface area contributed by atoms with E-state index in [1.54, 1.807) is 0 Å². The predicted molar refractivity (Wildman–Crippen MR) is 93.9 cm³/mol. The van der Waals surface area contributed by atoms with Crippen LogP contribution in [-0.2, 0) is 19.1 Å². The lowest BCUT2D eigenvalue weighted by atomic mass is 10.2. The molecular formula is C18H25NO7. The smallest absolute Gasteiger partial charge is 0.305 e. The highest BCUT2D eigenvalue weighted by molar-refractivity contribution is 5.72. The Morgan fingerprint density at radius 1 is 0.923 bits per heavy atom. The van der Waals surface area contributed by atoms with Gasteiger partial charge in [0.15, 0.2) is 0 Å². The number of nitro benzene ring substituents is 1. The molecule has 1 aromatic rings. The molecule has 26 heavy (non-hydrogen) atoms. The van der Waals surface area contributed by atoms with Crippen molar-refractivity contribution in [1.29, 1.82) is 0 Å². The van der Waals surface area contributed by atoms with Crippen LogP contribution >= 0.6 is 0 Å². The fourth-order valence-electron chi connectivity index (χ4n) is 2.04. The van der Waals surface area contributed by atoms with Gasteiger partial charge in [-0.3, -0.25) is 19.7 Å². The number of hydrogen-bond acceptors (Lipinski definition) is 7. The van der Waals surface area contributed by atoms with Gasteiger partial charge in [0.25, 0.3) is 5.69 Å². The Bertz CT molecular complexity index is 571. The number of rotatable bonds is 13. The molecule has 0 amide bonds. The van der Waals surface area contributed by atoms with E-state index in [4.69, 9.17) is 14.2 Å². The zero-order valence-corrected chi connectivity index (χ0v) is 15.0. The minimum atomic E-state index is -0.494. The van der Waals surface area contributed by atoms with E-state index in [0.717, 1.165) is 19.3 Å². The maximum atomic E-state index is 11.5. The Morgan fingerprint density at radius 3 is 2.12 bits per heavy atom. The third-order valence-corrected chi connectivity index (χ3v) is 3.44. The second-order valence-corrected chi connectivity index (χ2v) is 5.60. The molecule has 0 fully saturated rings. The Morgan fingerprint density at radius 2 is 1.54 bits per heavy atom. The molecule has 0 N–H and O–H groups in total. The molecule has 0 aliphatic carbocycles. The molecule has 0 aromatic heterocycles. The minimum absolute atomic E-state index is 0.0207. The summed E-state index contributed by atoms with van der Waals surface area (Å²) in [4.78, 5) is 33.0. The van der Waals surface area contributed by atoms with Crippen LogP contribution in [0.2, 0.25) is 0 Å². The van der Waals surface area contributed by atoms with Gasteiger partial charge in [-0.2, -0.15) is 0 Å². The Labute approximate surface area is 152 Å². The van der Waals surface area contributed by atoms with Gasteiger partial charge in [-0.1, -0.05) is 19.8 Å². The molecule has 0 spiro atoms. The molecule has 0 atom stereocenters. The third kappa shape index (κ3) is 9.61. The topological polar surface area (TPSA) is 105 Å². The van der Waals surface area contributed by atoms with Crippen molar-refractivity contribution < 1.29 is 28.7 Å². The average molecular weight is 367 g/mol. The highest BCUT2D eigenvalue weighted by Crippen LogP contribution is 2.17. The number of ether oxygens (including phenoxy) is 3. The molecule has 8 heteroatoms. The third-order valence-electron chi connectivity index (χ3n) is 3.44. The van der Waals surface area contributed by atoms with Gasteiger partial charge in [0.05, 0.1) is 11.5 Å². The number of carbonyl (C=O) groups is 2. The van der Waals surface area contributed by atoms with Crippen LogP contribution in [-0.4, -0.2) is 36.7 Å². The van der Waals surface area contributed by atoms with E-state index < -0.39 is 10.9 Å². The molecular weight excluding hydrogens is 342 g/mol. The molecule has 8 nitrogen and oxygen atoms in total. The van der Waals surface area contributed by atoms with E-state index in [9.17, 15) is 19.7 Å². The average Bonchev–Trinajstić information content (AvgIpc) is 2.63. The molecule has 0 radical (unpaired) electrons. The molecule has 0 saturated carbocycles. The van der Waals surface area contributed by atoms with Gasteiger partial charge >= 0.3 is 11.9 Å². The molecule has 0 bridgehead atoms. The summed E-state index contributed by atoms with van der Waals surface area (Å²) in [5.74, 6) is -0.246. The Balaban J connectivity index is 2.06. The van der Waals surface area contributed by atoms with Crippen LogP contribution in [0.4, 0.5) is 5.69 Å². The lowest BCUT2D eigenvalue weighted by molar-refractivity contribution is -0.384. The SMILES string of the molecule is CCCCCOC(=O)CCCC(=O)OCCOc1ccc([N+](=O)[O-])cc1. The second kappa shape index (κ2) is 12.7. The van der Waals surface area contributed by atoms with E-state index in [1.165, 1.54) is 24.3 Å². The zero-order valence-electron chi connectivity index (χ0n) is 15.0. The number of unbranched alkanes of at least 4 members (excludes halogenated alkanes) is 2. The highest BCUT2D eigenvalue weighted by Gasteiger charge is 2.08. The van der Waals surface area contributed by atoms with Crippen LogP contribution in [0.1, 0.15) is 45.4 Å². The summed E-state index contributed by atoms with van der Waals surface area (Å²) in [6, 6.07) is 5.63. The van der Waals surface area contributed by atoms with Crippen molar-refractivity contribution in [2.45, 2.75) is 45.4 Å². The highest BCUT2D eigenvalue weighted by atomic mass is 16.6. The molecule has 1 aromatic carbocycles. The first-order valence-corrected chi connectivity index (χ1v) is 8.71. The second-order valence-electron chi connectivity index (χ2n) is 5.60. The molecule has 0 heterocycles. The van der Waals surface area contributed by atoms with Gasteiger partial charge in [-0.15, -0.1) is 0 Å². The summed E-state index contributed by atoms with van der Waals surface area (Å²) in [5.41, 5.74) is -0.0207. The van der Waals surface area contributed by atoms with Crippen molar-refractivity contribution in [3.8, 4) is 5.75 Å². The fourth-order valence-corrected chi connectivity index (χ4v) is 2.04. The minimum Gasteiger partial charge on any atom is -0.490 e. The number of nitro groups is 1. The van der Waals surface area contributed by atoms with Crippen molar-refractivity contribution >= 4 is 17.6 Å². The number of non-ortho nitro benzene ring substituents is 1. The number of hydrogen-bond donors (Lipinski definition) is 0. The first-order valence-electron chi connectivity index (χ1n) is 8.71. The van der Waals surface area contributed by atoms with Crippen LogP contribution in [0, 0.1) is 10.1 Å². The van der Waals surface area contributed by atoms with Crippen LogP contribution in [0.5, 0.6) is 5.75 Å². The monoisotopic (exact) mass is 367 g/mol. The number of carbonyl (C=O) groups excluding carboxylic acids is 2. The molecule has 0 aliphatic rings. The van der Waals surface area contributed by atoms with E-state index >= 15 is 0 Å². The Kier molecular flexibility index (Phi) is 10.4. The fraction of sp³-hybridized carbons (Fsp3) is 0.556. The van der Waals surface area contributed by atoms with Gasteiger partial charge in [-0.25, -0.2) is 0 Å². The first-order chi connectivity index (χ1) is 12.5. The standard InChI is InChI=1S/C18H25NO7/c1-2-3-4-12-25-17(20)6-5-7-18(21)26-14-13-24-16-10-8-15(9-11-16)19(22)23/h8-11H,2-7,12-14H2,1H3. The van der Waals surface area contributed by atoms with Crippen molar-refractivity contribution in [3.63, 3.8) is 0 Å². The molecule has 0 unspecified atom stereocenters. The lowest BCUT2D eigenvalue weighted by Gasteiger charge is -2.07. The van der Waals surface area contributed by atoms with Crippen molar-refractivity contribution in [1.82, 2.24) is 0 Å². The summed E-state index contributed by atoms with van der Waals surface area (Å²) in [6.45, 7) is 2.71. The van der Waals surface area contributed by atoms with Crippen LogP contribution < -0.4 is 4.74 Å². The molecule has 0 aliphatic heterocycles. The molecule has 1 rings (SSSR count). The van der Waals surface area contributed by atoms with Gasteiger partial charge in [-0.05, 0) is 25.0 Å². The number of benzene rings is 1. The maximum absolute atomic E-state index is 11.5. The first kappa shape index (κ1) is 21.4. The van der Waals surface area contributed by atoms with Crippen molar-refractivity contribution in [2.75, 3.05) is 19.8 Å². The van der Waals surface area contributed by atoms with Crippen LogP contribution in [0.15, 0.2) is 24.3 Å². The summed E-state index contributed by atoms with van der Waals surface area (Å²) < 4.78 is 15.4. The summed E-state index contributed by atoms with van der Waals surface area (Å²) >= 11 is 0. The summed E-state index contributed by atoms with van der Waals surface area (Å²) in [5, 5.41) is 10.5. The van der Waals surface area contributed by atoms with E-state index in [0.29, 0.717) is 18.8 Å². The van der Waals surface area contributed by atoms with Gasteiger partial charge in [0.2, 0.25) is 0 Å². The maximum Gasteiger partial charge on any atom is 0.305 e. The number of esters is 2. The van der Waals surface area contributed by atoms with Gasteiger partial charge in [0.1, 0.15) is 19.0 Å².